The number of carbonyl (C=O) groups is 1. The molecule has 0 spiro atoms. The molecule has 0 fully saturated rings. The number of ether oxygens (including phenoxy) is 1. The second-order valence-electron chi connectivity index (χ2n) is 3.34. The molecule has 2 atom stereocenters. The predicted molar refractivity (Wildman–Crippen MR) is 58.1 cm³/mol. The van der Waals surface area contributed by atoms with Crippen molar-refractivity contribution in [1.82, 2.24) is 0 Å². The summed E-state index contributed by atoms with van der Waals surface area (Å²) in [5, 5.41) is -0.246. The summed E-state index contributed by atoms with van der Waals surface area (Å²) in [4.78, 5) is 11.3. The molecule has 0 aromatic carbocycles. The second-order valence-corrected chi connectivity index (χ2v) is 3.96. The van der Waals surface area contributed by atoms with Crippen LogP contribution >= 0.6 is 12.6 Å². The van der Waals surface area contributed by atoms with Crippen molar-refractivity contribution in [3.63, 3.8) is 0 Å². The van der Waals surface area contributed by atoms with Crippen molar-refractivity contribution >= 4 is 18.6 Å². The van der Waals surface area contributed by atoms with Crippen molar-refractivity contribution in [1.29, 1.82) is 0 Å². The topological polar surface area (TPSA) is 26.3 Å². The van der Waals surface area contributed by atoms with E-state index in [1.807, 2.05) is 13.8 Å². The third-order valence-corrected chi connectivity index (χ3v) is 2.32. The maximum atomic E-state index is 11.3. The van der Waals surface area contributed by atoms with E-state index in [-0.39, 0.29) is 17.3 Å². The van der Waals surface area contributed by atoms with Crippen LogP contribution in [-0.4, -0.2) is 17.3 Å². The van der Waals surface area contributed by atoms with Crippen LogP contribution in [0, 0.1) is 0 Å². The van der Waals surface area contributed by atoms with Crippen molar-refractivity contribution in [2.45, 2.75) is 57.8 Å². The number of thiol groups is 1. The molecule has 0 amide bonds. The van der Waals surface area contributed by atoms with E-state index in [2.05, 4.69) is 19.6 Å². The minimum atomic E-state index is -0.246. The standard InChI is InChI=1S/C10H20O2S/c1-4-6-8(3)12-10(11)9(13)7-5-2/h8-9,13H,4-7H2,1-3H3. The van der Waals surface area contributed by atoms with Crippen LogP contribution in [0.4, 0.5) is 0 Å². The first kappa shape index (κ1) is 12.8. The zero-order valence-corrected chi connectivity index (χ0v) is 9.64. The molecule has 0 saturated heterocycles. The van der Waals surface area contributed by atoms with E-state index in [9.17, 15) is 4.79 Å². The summed E-state index contributed by atoms with van der Waals surface area (Å²) in [5.74, 6) is -0.175. The van der Waals surface area contributed by atoms with Crippen LogP contribution in [0.5, 0.6) is 0 Å². The molecule has 0 aliphatic rings. The zero-order chi connectivity index (χ0) is 10.3. The van der Waals surface area contributed by atoms with Crippen LogP contribution in [0.15, 0.2) is 0 Å². The first-order valence-electron chi connectivity index (χ1n) is 5.00. The summed E-state index contributed by atoms with van der Waals surface area (Å²) in [7, 11) is 0. The number of rotatable bonds is 6. The van der Waals surface area contributed by atoms with E-state index in [1.54, 1.807) is 0 Å². The lowest BCUT2D eigenvalue weighted by molar-refractivity contribution is -0.147. The highest BCUT2D eigenvalue weighted by Gasteiger charge is 2.16. The van der Waals surface area contributed by atoms with Crippen LogP contribution < -0.4 is 0 Å². The number of hydrogen-bond acceptors (Lipinski definition) is 3. The van der Waals surface area contributed by atoms with Crippen molar-refractivity contribution in [2.75, 3.05) is 0 Å². The van der Waals surface area contributed by atoms with Gasteiger partial charge >= 0.3 is 5.97 Å². The van der Waals surface area contributed by atoms with Gasteiger partial charge in [0.05, 0.1) is 11.4 Å². The van der Waals surface area contributed by atoms with Gasteiger partial charge in [-0.05, 0) is 19.8 Å². The van der Waals surface area contributed by atoms with E-state index in [1.165, 1.54) is 0 Å². The third kappa shape index (κ3) is 5.97. The Labute approximate surface area is 86.5 Å². The van der Waals surface area contributed by atoms with Gasteiger partial charge in [0.25, 0.3) is 0 Å². The van der Waals surface area contributed by atoms with Gasteiger partial charge in [-0.25, -0.2) is 0 Å². The van der Waals surface area contributed by atoms with Gasteiger partial charge in [0.15, 0.2) is 0 Å². The first-order chi connectivity index (χ1) is 6.11. The molecule has 2 unspecified atom stereocenters. The molecule has 13 heavy (non-hydrogen) atoms. The van der Waals surface area contributed by atoms with Gasteiger partial charge in [0.2, 0.25) is 0 Å². The van der Waals surface area contributed by atoms with Crippen molar-refractivity contribution in [2.24, 2.45) is 0 Å². The number of hydrogen-bond donors (Lipinski definition) is 1. The first-order valence-corrected chi connectivity index (χ1v) is 5.52. The normalized spacial score (nSPS) is 15.1. The molecule has 0 aliphatic carbocycles. The summed E-state index contributed by atoms with van der Waals surface area (Å²) in [5.41, 5.74) is 0. The summed E-state index contributed by atoms with van der Waals surface area (Å²) >= 11 is 4.17. The number of carbonyl (C=O) groups excluding carboxylic acids is 1. The van der Waals surface area contributed by atoms with Crippen LogP contribution in [0.2, 0.25) is 0 Å². The highest BCUT2D eigenvalue weighted by atomic mass is 32.1. The lowest BCUT2D eigenvalue weighted by Crippen LogP contribution is -2.22. The van der Waals surface area contributed by atoms with Crippen molar-refractivity contribution < 1.29 is 9.53 Å². The van der Waals surface area contributed by atoms with E-state index in [4.69, 9.17) is 4.74 Å². The van der Waals surface area contributed by atoms with Gasteiger partial charge < -0.3 is 4.74 Å². The third-order valence-electron chi connectivity index (χ3n) is 1.85. The van der Waals surface area contributed by atoms with E-state index >= 15 is 0 Å². The zero-order valence-electron chi connectivity index (χ0n) is 8.75. The van der Waals surface area contributed by atoms with Gasteiger partial charge in [-0.15, -0.1) is 0 Å². The fraction of sp³-hybridized carbons (Fsp3) is 0.900. The Kier molecular flexibility index (Phi) is 7.14. The molecule has 0 aromatic rings. The van der Waals surface area contributed by atoms with Crippen molar-refractivity contribution in [3.8, 4) is 0 Å². The van der Waals surface area contributed by atoms with Crippen LogP contribution in [0.25, 0.3) is 0 Å². The Balaban J connectivity index is 3.71. The van der Waals surface area contributed by atoms with E-state index < -0.39 is 0 Å². The minimum absolute atomic E-state index is 0.0315. The molecule has 0 aliphatic heterocycles. The Hall–Kier alpha value is -0.180. The monoisotopic (exact) mass is 204 g/mol. The van der Waals surface area contributed by atoms with Crippen LogP contribution in [0.3, 0.4) is 0 Å². The molecule has 0 aromatic heterocycles. The molecule has 3 heteroatoms. The van der Waals surface area contributed by atoms with Gasteiger partial charge in [-0.3, -0.25) is 4.79 Å². The molecule has 0 bridgehead atoms. The molecule has 0 N–H and O–H groups in total. The van der Waals surface area contributed by atoms with Crippen LogP contribution in [-0.2, 0) is 9.53 Å². The largest absolute Gasteiger partial charge is 0.462 e. The Morgan fingerprint density at radius 3 is 2.31 bits per heavy atom. The highest BCUT2D eigenvalue weighted by Crippen LogP contribution is 2.10. The molecular weight excluding hydrogens is 184 g/mol. The number of esters is 1. The summed E-state index contributed by atoms with van der Waals surface area (Å²) in [6, 6.07) is 0. The van der Waals surface area contributed by atoms with E-state index in [0.717, 1.165) is 25.7 Å². The van der Waals surface area contributed by atoms with Crippen LogP contribution in [0.1, 0.15) is 46.5 Å². The highest BCUT2D eigenvalue weighted by molar-refractivity contribution is 7.81. The second kappa shape index (κ2) is 7.25. The molecule has 0 saturated carbocycles. The lowest BCUT2D eigenvalue weighted by Gasteiger charge is -2.15. The SMILES string of the molecule is CCCC(C)OC(=O)C(S)CCC. The Morgan fingerprint density at radius 1 is 1.31 bits per heavy atom. The van der Waals surface area contributed by atoms with Gasteiger partial charge in [0.1, 0.15) is 0 Å². The maximum Gasteiger partial charge on any atom is 0.319 e. The molecule has 2 nitrogen and oxygen atoms in total. The average molecular weight is 204 g/mol. The summed E-state index contributed by atoms with van der Waals surface area (Å²) in [6.45, 7) is 6.04. The molecule has 0 heterocycles. The summed E-state index contributed by atoms with van der Waals surface area (Å²) in [6.07, 6.45) is 3.76. The summed E-state index contributed by atoms with van der Waals surface area (Å²) < 4.78 is 5.19. The van der Waals surface area contributed by atoms with Gasteiger partial charge in [0, 0.05) is 0 Å². The molecule has 0 radical (unpaired) electrons. The fourth-order valence-electron chi connectivity index (χ4n) is 1.13. The van der Waals surface area contributed by atoms with Gasteiger partial charge in [-0.1, -0.05) is 26.7 Å². The predicted octanol–water partition coefficient (Wildman–Crippen LogP) is 2.82. The smallest absolute Gasteiger partial charge is 0.319 e. The van der Waals surface area contributed by atoms with Gasteiger partial charge in [-0.2, -0.15) is 12.6 Å². The molecule has 78 valence electrons. The molecule has 0 rings (SSSR count). The Bertz CT molecular complexity index is 148. The molecular formula is C10H20O2S. The minimum Gasteiger partial charge on any atom is -0.462 e. The average Bonchev–Trinajstić information content (AvgIpc) is 2.05. The maximum absolute atomic E-state index is 11.3. The quantitative estimate of drug-likeness (QED) is 0.532. The lowest BCUT2D eigenvalue weighted by atomic mass is 10.2. The van der Waals surface area contributed by atoms with Crippen molar-refractivity contribution in [3.05, 3.63) is 0 Å². The van der Waals surface area contributed by atoms with E-state index in [0.29, 0.717) is 0 Å². The fourth-order valence-corrected chi connectivity index (χ4v) is 1.45. The Morgan fingerprint density at radius 2 is 1.85 bits per heavy atom.